The van der Waals surface area contributed by atoms with E-state index in [4.69, 9.17) is 0 Å². The second-order valence-electron chi connectivity index (χ2n) is 4.30. The highest BCUT2D eigenvalue weighted by Crippen LogP contribution is 2.30. The highest BCUT2D eigenvalue weighted by molar-refractivity contribution is 7.99. The number of aliphatic hydroxyl groups excluding tert-OH is 1. The van der Waals surface area contributed by atoms with Gasteiger partial charge in [-0.1, -0.05) is 6.07 Å². The molecule has 1 aliphatic heterocycles. The number of hydrogen-bond acceptors (Lipinski definition) is 3. The minimum atomic E-state index is -0.762. The Morgan fingerprint density at radius 2 is 2.18 bits per heavy atom. The molecule has 0 aliphatic carbocycles. The zero-order valence-electron chi connectivity index (χ0n) is 10.0. The molecule has 0 amide bonds. The third kappa shape index (κ3) is 2.93. The molecule has 17 heavy (non-hydrogen) atoms. The lowest BCUT2D eigenvalue weighted by Gasteiger charge is -2.26. The number of thioether (sulfide) groups is 1. The molecular formula is C13H18FNOS. The number of hydrogen-bond donors (Lipinski definition) is 1. The zero-order valence-corrected chi connectivity index (χ0v) is 10.8. The van der Waals surface area contributed by atoms with E-state index in [2.05, 4.69) is 4.90 Å². The molecule has 1 atom stereocenters. The minimum Gasteiger partial charge on any atom is -0.389 e. The Bertz CT molecular complexity index is 376. The lowest BCUT2D eigenvalue weighted by molar-refractivity contribution is 0.194. The number of anilines is 1. The Hall–Kier alpha value is -0.740. The lowest BCUT2D eigenvalue weighted by atomic mass is 10.1. The summed E-state index contributed by atoms with van der Waals surface area (Å²) in [4.78, 5) is 2.19. The van der Waals surface area contributed by atoms with Gasteiger partial charge in [-0.25, -0.2) is 4.39 Å². The Kier molecular flexibility index (Phi) is 4.29. The molecule has 1 fully saturated rings. The fourth-order valence-electron chi connectivity index (χ4n) is 2.20. The van der Waals surface area contributed by atoms with E-state index in [9.17, 15) is 9.50 Å². The van der Waals surface area contributed by atoms with Gasteiger partial charge in [0.25, 0.3) is 0 Å². The van der Waals surface area contributed by atoms with Crippen LogP contribution in [0.4, 0.5) is 10.1 Å². The van der Waals surface area contributed by atoms with E-state index in [-0.39, 0.29) is 5.82 Å². The van der Waals surface area contributed by atoms with E-state index < -0.39 is 6.10 Å². The van der Waals surface area contributed by atoms with Crippen LogP contribution in [-0.2, 0) is 0 Å². The van der Waals surface area contributed by atoms with Gasteiger partial charge in [-0.15, -0.1) is 0 Å². The highest BCUT2D eigenvalue weighted by atomic mass is 32.2. The number of rotatable bonds is 2. The molecular weight excluding hydrogens is 237 g/mol. The molecule has 1 N–H and O–H groups in total. The fourth-order valence-corrected chi connectivity index (χ4v) is 3.09. The van der Waals surface area contributed by atoms with Gasteiger partial charge in [-0.2, -0.15) is 11.8 Å². The van der Waals surface area contributed by atoms with Crippen molar-refractivity contribution in [2.24, 2.45) is 0 Å². The summed E-state index contributed by atoms with van der Waals surface area (Å²) in [6.07, 6.45) is 0.350. The van der Waals surface area contributed by atoms with E-state index >= 15 is 0 Å². The molecule has 0 bridgehead atoms. The predicted molar refractivity (Wildman–Crippen MR) is 71.2 cm³/mol. The van der Waals surface area contributed by atoms with Gasteiger partial charge < -0.3 is 10.0 Å². The monoisotopic (exact) mass is 255 g/mol. The van der Waals surface area contributed by atoms with Crippen molar-refractivity contribution in [1.82, 2.24) is 0 Å². The van der Waals surface area contributed by atoms with Crippen LogP contribution in [0.1, 0.15) is 25.0 Å². The molecule has 1 heterocycles. The molecule has 0 unspecified atom stereocenters. The van der Waals surface area contributed by atoms with Gasteiger partial charge in [0.05, 0.1) is 6.10 Å². The first-order valence-electron chi connectivity index (χ1n) is 5.99. The minimum absolute atomic E-state index is 0.311. The van der Waals surface area contributed by atoms with Gasteiger partial charge in [0.1, 0.15) is 5.82 Å². The standard InChI is InChI=1S/C13H18FNOS/c1-10(16)13-11(14)4-2-5-12(13)15-6-3-8-17-9-7-15/h2,4-5,10,16H,3,6-9H2,1H3/t10-/m0/s1. The van der Waals surface area contributed by atoms with Crippen LogP contribution in [0, 0.1) is 5.82 Å². The second-order valence-corrected chi connectivity index (χ2v) is 5.53. The number of aliphatic hydroxyl groups is 1. The smallest absolute Gasteiger partial charge is 0.131 e. The van der Waals surface area contributed by atoms with Crippen molar-refractivity contribution >= 4 is 17.4 Å². The molecule has 1 aliphatic rings. The summed E-state index contributed by atoms with van der Waals surface area (Å²) < 4.78 is 13.8. The molecule has 0 radical (unpaired) electrons. The van der Waals surface area contributed by atoms with Crippen molar-refractivity contribution in [2.75, 3.05) is 29.5 Å². The quantitative estimate of drug-likeness (QED) is 0.879. The van der Waals surface area contributed by atoms with Crippen LogP contribution in [-0.4, -0.2) is 29.7 Å². The molecule has 1 aromatic rings. The molecule has 1 aromatic carbocycles. The summed E-state index contributed by atoms with van der Waals surface area (Å²) in [6, 6.07) is 5.04. The second kappa shape index (κ2) is 5.74. The number of benzene rings is 1. The third-order valence-electron chi connectivity index (χ3n) is 3.01. The maximum absolute atomic E-state index is 13.8. The average Bonchev–Trinajstić information content (AvgIpc) is 2.56. The lowest BCUT2D eigenvalue weighted by Crippen LogP contribution is -2.27. The van der Waals surface area contributed by atoms with Crippen LogP contribution >= 0.6 is 11.8 Å². The van der Waals surface area contributed by atoms with E-state index in [0.717, 1.165) is 36.7 Å². The highest BCUT2D eigenvalue weighted by Gasteiger charge is 2.19. The van der Waals surface area contributed by atoms with Crippen molar-refractivity contribution < 1.29 is 9.50 Å². The van der Waals surface area contributed by atoms with E-state index in [0.29, 0.717) is 5.56 Å². The summed E-state index contributed by atoms with van der Waals surface area (Å²) in [6.45, 7) is 3.48. The maximum Gasteiger partial charge on any atom is 0.131 e. The first-order chi connectivity index (χ1) is 8.20. The summed E-state index contributed by atoms with van der Waals surface area (Å²) in [7, 11) is 0. The Labute approximate surface area is 106 Å². The average molecular weight is 255 g/mol. The number of halogens is 1. The Balaban J connectivity index is 2.32. The maximum atomic E-state index is 13.8. The largest absolute Gasteiger partial charge is 0.389 e. The fraction of sp³-hybridized carbons (Fsp3) is 0.538. The van der Waals surface area contributed by atoms with Crippen LogP contribution in [0.25, 0.3) is 0 Å². The number of nitrogens with zero attached hydrogens (tertiary/aromatic N) is 1. The van der Waals surface area contributed by atoms with Crippen molar-refractivity contribution in [3.8, 4) is 0 Å². The van der Waals surface area contributed by atoms with Crippen molar-refractivity contribution in [3.05, 3.63) is 29.6 Å². The van der Waals surface area contributed by atoms with Crippen molar-refractivity contribution in [2.45, 2.75) is 19.4 Å². The first kappa shape index (κ1) is 12.7. The summed E-state index contributed by atoms with van der Waals surface area (Å²) >= 11 is 1.93. The van der Waals surface area contributed by atoms with Crippen LogP contribution in [0.15, 0.2) is 18.2 Å². The Morgan fingerprint density at radius 3 is 2.94 bits per heavy atom. The molecule has 1 saturated heterocycles. The molecule has 4 heteroatoms. The van der Waals surface area contributed by atoms with E-state index in [1.807, 2.05) is 17.8 Å². The molecule has 0 aromatic heterocycles. The molecule has 0 saturated carbocycles. The molecule has 0 spiro atoms. The normalized spacial score (nSPS) is 18.9. The van der Waals surface area contributed by atoms with Gasteiger partial charge in [0.2, 0.25) is 0 Å². The van der Waals surface area contributed by atoms with Crippen LogP contribution < -0.4 is 4.90 Å². The summed E-state index contributed by atoms with van der Waals surface area (Å²) in [5.74, 6) is 1.92. The predicted octanol–water partition coefficient (Wildman–Crippen LogP) is 2.82. The molecule has 2 nitrogen and oxygen atoms in total. The summed E-state index contributed by atoms with van der Waals surface area (Å²) in [5, 5.41) is 9.71. The van der Waals surface area contributed by atoms with Gasteiger partial charge in [0.15, 0.2) is 0 Å². The van der Waals surface area contributed by atoms with Gasteiger partial charge in [0, 0.05) is 30.1 Å². The first-order valence-corrected chi connectivity index (χ1v) is 7.15. The van der Waals surface area contributed by atoms with Gasteiger partial charge >= 0.3 is 0 Å². The third-order valence-corrected chi connectivity index (χ3v) is 4.06. The van der Waals surface area contributed by atoms with Crippen molar-refractivity contribution in [3.63, 3.8) is 0 Å². The molecule has 94 valence electrons. The van der Waals surface area contributed by atoms with Crippen LogP contribution in [0.3, 0.4) is 0 Å². The molecule has 2 rings (SSSR count). The SMILES string of the molecule is C[C@H](O)c1c(F)cccc1N1CCCSCC1. The van der Waals surface area contributed by atoms with E-state index in [1.54, 1.807) is 13.0 Å². The Morgan fingerprint density at radius 1 is 1.35 bits per heavy atom. The van der Waals surface area contributed by atoms with Gasteiger partial charge in [-0.05, 0) is 31.2 Å². The zero-order chi connectivity index (χ0) is 12.3. The van der Waals surface area contributed by atoms with E-state index in [1.165, 1.54) is 6.07 Å². The van der Waals surface area contributed by atoms with Crippen molar-refractivity contribution in [1.29, 1.82) is 0 Å². The summed E-state index contributed by atoms with van der Waals surface area (Å²) in [5.41, 5.74) is 1.28. The van der Waals surface area contributed by atoms with Crippen LogP contribution in [0.2, 0.25) is 0 Å². The van der Waals surface area contributed by atoms with Gasteiger partial charge in [-0.3, -0.25) is 0 Å². The topological polar surface area (TPSA) is 23.5 Å². The van der Waals surface area contributed by atoms with Crippen LogP contribution in [0.5, 0.6) is 0 Å².